The molecule has 1 atom stereocenters. The van der Waals surface area contributed by atoms with E-state index in [2.05, 4.69) is 4.90 Å². The van der Waals surface area contributed by atoms with Gasteiger partial charge >= 0.3 is 0 Å². The average Bonchev–Trinajstić information content (AvgIpc) is 2.89. The van der Waals surface area contributed by atoms with Crippen molar-refractivity contribution in [2.24, 2.45) is 0 Å². The van der Waals surface area contributed by atoms with E-state index in [-0.39, 0.29) is 12.4 Å². The quantitative estimate of drug-likeness (QED) is 0.544. The number of rotatable bonds is 9. The number of aliphatic hydroxyl groups excluding tert-OH is 1. The van der Waals surface area contributed by atoms with Gasteiger partial charge in [0, 0.05) is 56.9 Å². The van der Waals surface area contributed by atoms with Crippen LogP contribution in [0.5, 0.6) is 5.75 Å². The van der Waals surface area contributed by atoms with E-state index in [0.717, 1.165) is 19.3 Å². The number of carbonyl (C=O) groups excluding carboxylic acids is 1. The molecule has 1 N–H and O–H groups in total. The van der Waals surface area contributed by atoms with Crippen molar-refractivity contribution >= 4 is 16.0 Å². The van der Waals surface area contributed by atoms with Gasteiger partial charge in [0.15, 0.2) is 5.78 Å². The molecule has 0 radical (unpaired) electrons. The third-order valence-corrected chi connectivity index (χ3v) is 8.40. The molecule has 0 aliphatic carbocycles. The van der Waals surface area contributed by atoms with Gasteiger partial charge in [-0.2, -0.15) is 17.0 Å². The van der Waals surface area contributed by atoms with Gasteiger partial charge < -0.3 is 9.84 Å². The number of benzene rings is 2. The summed E-state index contributed by atoms with van der Waals surface area (Å²) in [4.78, 5) is 14.6. The van der Waals surface area contributed by atoms with Crippen LogP contribution in [0.15, 0.2) is 54.6 Å². The van der Waals surface area contributed by atoms with E-state index >= 15 is 0 Å². The van der Waals surface area contributed by atoms with E-state index in [1.54, 1.807) is 45.0 Å². The molecule has 2 fully saturated rings. The Morgan fingerprint density at radius 1 is 0.824 bits per heavy atom. The van der Waals surface area contributed by atoms with Crippen molar-refractivity contribution in [3.05, 3.63) is 65.7 Å². The van der Waals surface area contributed by atoms with Gasteiger partial charge in [-0.25, -0.2) is 0 Å². The van der Waals surface area contributed by atoms with Crippen LogP contribution in [-0.2, 0) is 10.2 Å². The number of nitrogens with zero attached hydrogens (tertiary/aromatic N) is 3. The van der Waals surface area contributed by atoms with Crippen LogP contribution in [0, 0.1) is 0 Å². The lowest BCUT2D eigenvalue weighted by Crippen LogP contribution is -2.54. The number of carbonyl (C=O) groups is 1. The van der Waals surface area contributed by atoms with Crippen molar-refractivity contribution in [1.82, 2.24) is 13.5 Å². The van der Waals surface area contributed by atoms with Crippen LogP contribution in [-0.4, -0.2) is 91.3 Å². The number of piperidine rings is 1. The van der Waals surface area contributed by atoms with Crippen molar-refractivity contribution in [1.29, 1.82) is 0 Å². The highest BCUT2D eigenvalue weighted by Gasteiger charge is 2.33. The van der Waals surface area contributed by atoms with Crippen molar-refractivity contribution in [2.45, 2.75) is 25.4 Å². The smallest absolute Gasteiger partial charge is 0.282 e. The molecule has 2 aromatic rings. The van der Waals surface area contributed by atoms with E-state index in [4.69, 9.17) is 4.74 Å². The van der Waals surface area contributed by atoms with Crippen molar-refractivity contribution < 1.29 is 23.1 Å². The zero-order valence-corrected chi connectivity index (χ0v) is 20.2. The number of ketones is 1. The molecule has 0 spiro atoms. The Morgan fingerprint density at radius 2 is 1.41 bits per heavy atom. The predicted molar refractivity (Wildman–Crippen MR) is 130 cm³/mol. The van der Waals surface area contributed by atoms with Crippen LogP contribution in [0.25, 0.3) is 0 Å². The first-order valence-electron chi connectivity index (χ1n) is 11.9. The topological polar surface area (TPSA) is 90.4 Å². The molecule has 2 saturated heterocycles. The standard InChI is InChI=1S/C25H33N3O5S/c29-23(19-26-15-17-28(18-16-26)34(31,32)27-13-5-2-6-14-27)20-33-24-11-9-22(10-12-24)25(30)21-7-3-1-4-8-21/h1,3-4,7-12,23,29H,2,5-6,13-20H2/t23-/m1/s1. The fourth-order valence-corrected chi connectivity index (χ4v) is 6.07. The second-order valence-electron chi connectivity index (χ2n) is 8.85. The summed E-state index contributed by atoms with van der Waals surface area (Å²) in [6, 6.07) is 16.0. The van der Waals surface area contributed by atoms with Crippen LogP contribution >= 0.6 is 0 Å². The lowest BCUT2D eigenvalue weighted by atomic mass is 10.0. The average molecular weight is 488 g/mol. The Labute approximate surface area is 201 Å². The Morgan fingerprint density at radius 3 is 2.06 bits per heavy atom. The Kier molecular flexibility index (Phi) is 8.33. The minimum absolute atomic E-state index is 0.0476. The Balaban J connectivity index is 1.20. The fourth-order valence-electron chi connectivity index (χ4n) is 4.40. The van der Waals surface area contributed by atoms with Crippen molar-refractivity contribution in [3.8, 4) is 5.75 Å². The van der Waals surface area contributed by atoms with Gasteiger partial charge in [0.05, 0.1) is 0 Å². The molecule has 0 aromatic heterocycles. The monoisotopic (exact) mass is 487 g/mol. The van der Waals surface area contributed by atoms with E-state index in [1.807, 2.05) is 18.2 Å². The summed E-state index contributed by atoms with van der Waals surface area (Å²) >= 11 is 0. The first-order chi connectivity index (χ1) is 16.4. The van der Waals surface area contributed by atoms with Gasteiger partial charge in [-0.3, -0.25) is 9.69 Å². The summed E-state index contributed by atoms with van der Waals surface area (Å²) in [5, 5.41) is 10.4. The molecule has 0 bridgehead atoms. The number of piperazine rings is 1. The highest BCUT2D eigenvalue weighted by atomic mass is 32.2. The molecule has 9 heteroatoms. The molecule has 2 heterocycles. The summed E-state index contributed by atoms with van der Waals surface area (Å²) in [7, 11) is -3.38. The lowest BCUT2D eigenvalue weighted by molar-refractivity contribution is 0.0561. The van der Waals surface area contributed by atoms with Crippen molar-refractivity contribution in [3.63, 3.8) is 0 Å². The van der Waals surface area contributed by atoms with Gasteiger partial charge in [-0.05, 0) is 37.1 Å². The molecule has 2 aliphatic rings. The first-order valence-corrected chi connectivity index (χ1v) is 13.3. The molecule has 4 rings (SSSR count). The second kappa shape index (κ2) is 11.4. The van der Waals surface area contributed by atoms with Crippen LogP contribution in [0.4, 0.5) is 0 Å². The summed E-state index contributed by atoms with van der Waals surface area (Å²) < 4.78 is 34.5. The molecule has 2 aromatic carbocycles. The first kappa shape index (κ1) is 24.8. The third-order valence-electron chi connectivity index (χ3n) is 6.36. The van der Waals surface area contributed by atoms with Crippen LogP contribution < -0.4 is 4.74 Å². The molecular formula is C25H33N3O5S. The van der Waals surface area contributed by atoms with Gasteiger partial charge in [-0.15, -0.1) is 0 Å². The molecule has 2 aliphatic heterocycles. The highest BCUT2D eigenvalue weighted by Crippen LogP contribution is 2.19. The Bertz CT molecular complexity index is 1030. The molecule has 0 saturated carbocycles. The number of aliphatic hydroxyl groups is 1. The predicted octanol–water partition coefficient (Wildman–Crippen LogP) is 2.01. The van der Waals surface area contributed by atoms with Gasteiger partial charge in [-0.1, -0.05) is 36.8 Å². The lowest BCUT2D eigenvalue weighted by Gasteiger charge is -2.38. The number of β-amino-alcohol motifs (C(OH)–C–C–N with tert-alkyl or cyclic N) is 1. The largest absolute Gasteiger partial charge is 0.491 e. The highest BCUT2D eigenvalue weighted by molar-refractivity contribution is 7.86. The van der Waals surface area contributed by atoms with E-state index in [9.17, 15) is 18.3 Å². The molecule has 0 amide bonds. The maximum atomic E-state index is 12.8. The molecule has 184 valence electrons. The van der Waals surface area contributed by atoms with E-state index in [1.165, 1.54) is 0 Å². The van der Waals surface area contributed by atoms with Gasteiger partial charge in [0.25, 0.3) is 10.2 Å². The van der Waals surface area contributed by atoms with Crippen LogP contribution in [0.2, 0.25) is 0 Å². The maximum absolute atomic E-state index is 12.8. The third kappa shape index (κ3) is 6.22. The van der Waals surface area contributed by atoms with Crippen LogP contribution in [0.3, 0.4) is 0 Å². The maximum Gasteiger partial charge on any atom is 0.282 e. The number of hydrogen-bond acceptors (Lipinski definition) is 6. The number of hydrogen-bond donors (Lipinski definition) is 1. The SMILES string of the molecule is O=C(c1ccccc1)c1ccc(OC[C@H](O)CN2CCN(S(=O)(=O)N3CCCCC3)CC2)cc1. The van der Waals surface area contributed by atoms with E-state index < -0.39 is 16.3 Å². The van der Waals surface area contributed by atoms with Crippen LogP contribution in [0.1, 0.15) is 35.2 Å². The molecule has 34 heavy (non-hydrogen) atoms. The summed E-state index contributed by atoms with van der Waals surface area (Å²) in [6.45, 7) is 3.80. The van der Waals surface area contributed by atoms with Gasteiger partial charge in [0.2, 0.25) is 0 Å². The summed E-state index contributed by atoms with van der Waals surface area (Å²) in [6.07, 6.45) is 2.25. The second-order valence-corrected chi connectivity index (χ2v) is 10.8. The minimum atomic E-state index is -3.38. The van der Waals surface area contributed by atoms with Crippen molar-refractivity contribution in [2.75, 3.05) is 52.4 Å². The van der Waals surface area contributed by atoms with Gasteiger partial charge in [0.1, 0.15) is 18.5 Å². The molecular weight excluding hydrogens is 454 g/mol. The number of ether oxygens (including phenoxy) is 1. The zero-order valence-electron chi connectivity index (χ0n) is 19.4. The fraction of sp³-hybridized carbons (Fsp3) is 0.480. The molecule has 8 nitrogen and oxygen atoms in total. The van der Waals surface area contributed by atoms with E-state index in [0.29, 0.717) is 62.7 Å². The Hall–Kier alpha value is -2.30. The molecule has 0 unspecified atom stereocenters. The summed E-state index contributed by atoms with van der Waals surface area (Å²) in [5.41, 5.74) is 1.21. The minimum Gasteiger partial charge on any atom is -0.491 e. The zero-order chi connectivity index (χ0) is 24.0. The normalized spacial score (nSPS) is 19.6. The summed E-state index contributed by atoms with van der Waals surface area (Å²) in [5.74, 6) is 0.537.